The Hall–Kier alpha value is -3.81. The van der Waals surface area contributed by atoms with Gasteiger partial charge < -0.3 is 19.3 Å². The number of carbonyl (C=O) groups is 1. The zero-order valence-electron chi connectivity index (χ0n) is 18.2. The van der Waals surface area contributed by atoms with Crippen LogP contribution in [0.4, 0.5) is 5.82 Å². The van der Waals surface area contributed by atoms with Crippen LogP contribution in [0.3, 0.4) is 0 Å². The molecule has 32 heavy (non-hydrogen) atoms. The van der Waals surface area contributed by atoms with E-state index in [1.807, 2.05) is 29.2 Å². The van der Waals surface area contributed by atoms with Gasteiger partial charge in [-0.2, -0.15) is 4.68 Å². The number of carbonyl (C=O) groups excluding carboxylic acids is 1. The molecule has 8 nitrogen and oxygen atoms in total. The highest BCUT2D eigenvalue weighted by atomic mass is 16.5. The summed E-state index contributed by atoms with van der Waals surface area (Å²) in [5.41, 5.74) is 1.40. The fourth-order valence-electron chi connectivity index (χ4n) is 3.73. The van der Waals surface area contributed by atoms with Crippen molar-refractivity contribution in [1.82, 2.24) is 14.7 Å². The molecular weight excluding hydrogens is 408 g/mol. The van der Waals surface area contributed by atoms with Crippen molar-refractivity contribution >= 4 is 11.7 Å². The first kappa shape index (κ1) is 21.4. The van der Waals surface area contributed by atoms with Gasteiger partial charge in [-0.15, -0.1) is 5.10 Å². The summed E-state index contributed by atoms with van der Waals surface area (Å²) < 4.78 is 11.8. The van der Waals surface area contributed by atoms with Crippen LogP contribution in [0, 0.1) is 0 Å². The first-order valence-electron chi connectivity index (χ1n) is 10.5. The van der Waals surface area contributed by atoms with Crippen LogP contribution in [0.25, 0.3) is 5.69 Å². The molecule has 1 aromatic heterocycles. The summed E-state index contributed by atoms with van der Waals surface area (Å²) in [5, 5.41) is 4.55. The lowest BCUT2D eigenvalue weighted by Gasteiger charge is -2.35. The molecule has 1 saturated heterocycles. The smallest absolute Gasteiger partial charge is 0.271 e. The van der Waals surface area contributed by atoms with E-state index in [-0.39, 0.29) is 11.5 Å². The number of nitrogens with zero attached hydrogens (tertiary/aromatic N) is 4. The summed E-state index contributed by atoms with van der Waals surface area (Å²) in [5.74, 6) is 2.26. The van der Waals surface area contributed by atoms with Gasteiger partial charge in [-0.3, -0.25) is 9.59 Å². The second kappa shape index (κ2) is 9.55. The topological polar surface area (TPSA) is 76.9 Å². The van der Waals surface area contributed by atoms with Crippen LogP contribution in [0.5, 0.6) is 11.5 Å². The summed E-state index contributed by atoms with van der Waals surface area (Å²) in [6, 6.07) is 18.0. The molecule has 0 unspecified atom stereocenters. The number of anilines is 1. The van der Waals surface area contributed by atoms with Crippen molar-refractivity contribution in [1.29, 1.82) is 0 Å². The fraction of sp³-hybridized carbons (Fsp3) is 0.292. The van der Waals surface area contributed by atoms with Gasteiger partial charge in [0.2, 0.25) is 5.91 Å². The van der Waals surface area contributed by atoms with Crippen LogP contribution < -0.4 is 19.9 Å². The maximum absolute atomic E-state index is 12.7. The summed E-state index contributed by atoms with van der Waals surface area (Å²) in [6.07, 6.45) is 0.345. The number of rotatable bonds is 6. The summed E-state index contributed by atoms with van der Waals surface area (Å²) in [6.45, 7) is 2.51. The lowest BCUT2D eigenvalue weighted by atomic mass is 10.1. The normalized spacial score (nSPS) is 13.7. The number of methoxy groups -OCH3 is 2. The van der Waals surface area contributed by atoms with E-state index in [9.17, 15) is 9.59 Å². The van der Waals surface area contributed by atoms with Crippen LogP contribution in [-0.2, 0) is 11.2 Å². The monoisotopic (exact) mass is 434 g/mol. The summed E-state index contributed by atoms with van der Waals surface area (Å²) in [7, 11) is 3.22. The molecule has 0 saturated carbocycles. The van der Waals surface area contributed by atoms with E-state index in [0.717, 1.165) is 11.3 Å². The average molecular weight is 434 g/mol. The zero-order chi connectivity index (χ0) is 22.5. The third kappa shape index (κ3) is 4.74. The minimum absolute atomic E-state index is 0.0917. The molecule has 1 amide bonds. The van der Waals surface area contributed by atoms with Crippen molar-refractivity contribution in [2.45, 2.75) is 6.42 Å². The van der Waals surface area contributed by atoms with E-state index in [2.05, 4.69) is 10.00 Å². The Bertz CT molecular complexity index is 1140. The minimum atomic E-state index is -0.203. The van der Waals surface area contributed by atoms with Crippen LogP contribution in [0.2, 0.25) is 0 Å². The number of amides is 1. The quantitative estimate of drug-likeness (QED) is 0.592. The van der Waals surface area contributed by atoms with Gasteiger partial charge in [-0.25, -0.2) is 0 Å². The van der Waals surface area contributed by atoms with Gasteiger partial charge in [0.1, 0.15) is 17.3 Å². The molecule has 1 aliphatic heterocycles. The van der Waals surface area contributed by atoms with E-state index in [1.165, 1.54) is 10.7 Å². The Morgan fingerprint density at radius 3 is 2.31 bits per heavy atom. The van der Waals surface area contributed by atoms with Crippen molar-refractivity contribution in [2.24, 2.45) is 0 Å². The second-order valence-corrected chi connectivity index (χ2v) is 7.54. The van der Waals surface area contributed by atoms with Gasteiger partial charge in [0.05, 0.1) is 26.3 Å². The van der Waals surface area contributed by atoms with E-state index in [0.29, 0.717) is 49.9 Å². The molecule has 0 bridgehead atoms. The predicted octanol–water partition coefficient (Wildman–Crippen LogP) is 2.14. The Balaban J connectivity index is 1.41. The Kier molecular flexibility index (Phi) is 6.39. The predicted molar refractivity (Wildman–Crippen MR) is 122 cm³/mol. The third-order valence-electron chi connectivity index (χ3n) is 5.55. The van der Waals surface area contributed by atoms with Crippen molar-refractivity contribution in [3.8, 4) is 17.2 Å². The van der Waals surface area contributed by atoms with Gasteiger partial charge >= 0.3 is 0 Å². The van der Waals surface area contributed by atoms with Gasteiger partial charge in [0.15, 0.2) is 0 Å². The second-order valence-electron chi connectivity index (χ2n) is 7.54. The van der Waals surface area contributed by atoms with Crippen LogP contribution in [-0.4, -0.2) is 61.0 Å². The fourth-order valence-corrected chi connectivity index (χ4v) is 3.73. The minimum Gasteiger partial charge on any atom is -0.497 e. The maximum Gasteiger partial charge on any atom is 0.271 e. The highest BCUT2D eigenvalue weighted by Crippen LogP contribution is 2.17. The number of aromatic nitrogens is 2. The van der Waals surface area contributed by atoms with Crippen LogP contribution in [0.1, 0.15) is 5.56 Å². The largest absolute Gasteiger partial charge is 0.497 e. The van der Waals surface area contributed by atoms with Gasteiger partial charge in [-0.05, 0) is 48.0 Å². The number of hydrogen-bond donors (Lipinski definition) is 0. The van der Waals surface area contributed by atoms with E-state index < -0.39 is 0 Å². The van der Waals surface area contributed by atoms with Crippen molar-refractivity contribution in [3.63, 3.8) is 0 Å². The maximum atomic E-state index is 12.7. The lowest BCUT2D eigenvalue weighted by molar-refractivity contribution is -0.130. The summed E-state index contributed by atoms with van der Waals surface area (Å²) >= 11 is 0. The lowest BCUT2D eigenvalue weighted by Crippen LogP contribution is -2.49. The highest BCUT2D eigenvalue weighted by molar-refractivity contribution is 5.79. The Morgan fingerprint density at radius 1 is 0.906 bits per heavy atom. The van der Waals surface area contributed by atoms with Gasteiger partial charge in [-0.1, -0.05) is 12.1 Å². The first-order valence-corrected chi connectivity index (χ1v) is 10.5. The first-order chi connectivity index (χ1) is 15.6. The van der Waals surface area contributed by atoms with Crippen molar-refractivity contribution in [2.75, 3.05) is 45.3 Å². The third-order valence-corrected chi connectivity index (χ3v) is 5.55. The van der Waals surface area contributed by atoms with E-state index in [1.54, 1.807) is 44.6 Å². The highest BCUT2D eigenvalue weighted by Gasteiger charge is 2.22. The molecule has 2 aromatic carbocycles. The van der Waals surface area contributed by atoms with Crippen LogP contribution in [0.15, 0.2) is 65.5 Å². The molecule has 3 aromatic rings. The standard InChI is InChI=1S/C24H26N4O4/c1-31-20-8-6-19(7-9-20)28-23(29)11-10-22(25-28)26-12-14-27(15-13-26)24(30)17-18-4-3-5-21(16-18)32-2/h3-11,16H,12-15,17H2,1-2H3. The molecule has 0 N–H and O–H groups in total. The van der Waals surface area contributed by atoms with Gasteiger partial charge in [0.25, 0.3) is 5.56 Å². The molecule has 8 heteroatoms. The summed E-state index contributed by atoms with van der Waals surface area (Å²) in [4.78, 5) is 29.1. The Labute approximate surface area is 186 Å². The number of hydrogen-bond acceptors (Lipinski definition) is 6. The molecule has 0 aliphatic carbocycles. The van der Waals surface area contributed by atoms with Crippen LogP contribution >= 0.6 is 0 Å². The molecular formula is C24H26N4O4. The number of piperazine rings is 1. The SMILES string of the molecule is COc1ccc(-n2nc(N3CCN(C(=O)Cc4cccc(OC)c4)CC3)ccc2=O)cc1. The molecule has 166 valence electrons. The molecule has 1 aliphatic rings. The Morgan fingerprint density at radius 2 is 1.62 bits per heavy atom. The van der Waals surface area contributed by atoms with E-state index in [4.69, 9.17) is 9.47 Å². The number of ether oxygens (including phenoxy) is 2. The molecule has 0 atom stereocenters. The molecule has 1 fully saturated rings. The van der Waals surface area contributed by atoms with E-state index >= 15 is 0 Å². The molecule has 0 spiro atoms. The average Bonchev–Trinajstić information content (AvgIpc) is 2.84. The number of benzene rings is 2. The van der Waals surface area contributed by atoms with Crippen molar-refractivity contribution in [3.05, 3.63) is 76.6 Å². The van der Waals surface area contributed by atoms with Crippen molar-refractivity contribution < 1.29 is 14.3 Å². The zero-order valence-corrected chi connectivity index (χ0v) is 18.2. The van der Waals surface area contributed by atoms with Gasteiger partial charge in [0, 0.05) is 32.2 Å². The molecule has 0 radical (unpaired) electrons. The molecule has 4 rings (SSSR count). The molecule has 2 heterocycles.